The van der Waals surface area contributed by atoms with E-state index in [9.17, 15) is 14.0 Å². The summed E-state index contributed by atoms with van der Waals surface area (Å²) in [5, 5.41) is 2.70. The second-order valence-corrected chi connectivity index (χ2v) is 9.32. The minimum absolute atomic E-state index is 0.191. The number of nitrogens with one attached hydrogen (secondary N) is 1. The second-order valence-electron chi connectivity index (χ2n) is 9.32. The lowest BCUT2D eigenvalue weighted by molar-refractivity contribution is -0.160. The number of benzene rings is 1. The third-order valence-electron chi connectivity index (χ3n) is 7.44. The highest BCUT2D eigenvalue weighted by Gasteiger charge is 2.56. The van der Waals surface area contributed by atoms with Gasteiger partial charge in [0.05, 0.1) is 11.1 Å². The average Bonchev–Trinajstić information content (AvgIpc) is 3.11. The van der Waals surface area contributed by atoms with Gasteiger partial charge in [-0.3, -0.25) is 9.59 Å². The molecule has 1 aliphatic heterocycles. The van der Waals surface area contributed by atoms with Crippen LogP contribution in [0.2, 0.25) is 0 Å². The summed E-state index contributed by atoms with van der Waals surface area (Å²) in [6, 6.07) is 5.73. The number of hydrogen-bond donors (Lipinski definition) is 1. The maximum absolute atomic E-state index is 13.9. The molecule has 4 aliphatic carbocycles. The number of nitrogens with zero attached hydrogens (tertiary/aromatic N) is 1. The van der Waals surface area contributed by atoms with Gasteiger partial charge < -0.3 is 10.2 Å². The fraction of sp³-hybridized carbons (Fsp3) is 0.636. The smallest absolute Gasteiger partial charge is 0.247 e. The molecule has 1 N–H and O–H groups in total. The summed E-state index contributed by atoms with van der Waals surface area (Å²) in [6.07, 6.45) is 8.42. The van der Waals surface area contributed by atoms with Crippen molar-refractivity contribution in [2.24, 2.45) is 23.2 Å². The first-order chi connectivity index (χ1) is 13.0. The number of halogens is 1. The van der Waals surface area contributed by atoms with E-state index < -0.39 is 11.9 Å². The maximum atomic E-state index is 13.9. The molecule has 5 fully saturated rings. The van der Waals surface area contributed by atoms with Crippen molar-refractivity contribution in [2.75, 3.05) is 11.9 Å². The number of rotatable bonds is 3. The van der Waals surface area contributed by atoms with Crippen LogP contribution in [0.5, 0.6) is 0 Å². The van der Waals surface area contributed by atoms with Crippen molar-refractivity contribution in [1.29, 1.82) is 0 Å². The molecule has 0 spiro atoms. The highest BCUT2D eigenvalue weighted by atomic mass is 19.1. The van der Waals surface area contributed by atoms with Crippen LogP contribution < -0.4 is 5.32 Å². The van der Waals surface area contributed by atoms with Crippen LogP contribution in [0.25, 0.3) is 0 Å². The van der Waals surface area contributed by atoms with E-state index in [1.165, 1.54) is 25.3 Å². The van der Waals surface area contributed by atoms with Crippen LogP contribution in [-0.4, -0.2) is 29.3 Å². The Hall–Kier alpha value is -1.91. The molecule has 5 aliphatic rings. The van der Waals surface area contributed by atoms with E-state index in [-0.39, 0.29) is 22.9 Å². The Morgan fingerprint density at radius 3 is 2.30 bits per heavy atom. The van der Waals surface area contributed by atoms with E-state index in [1.807, 2.05) is 4.90 Å². The Morgan fingerprint density at radius 1 is 1.04 bits per heavy atom. The zero-order chi connectivity index (χ0) is 18.6. The van der Waals surface area contributed by atoms with E-state index in [2.05, 4.69) is 5.32 Å². The average molecular weight is 370 g/mol. The number of anilines is 1. The van der Waals surface area contributed by atoms with Crippen molar-refractivity contribution in [3.63, 3.8) is 0 Å². The molecule has 4 bridgehead atoms. The molecule has 4 saturated carbocycles. The predicted octanol–water partition coefficient (Wildman–Crippen LogP) is 3.97. The summed E-state index contributed by atoms with van der Waals surface area (Å²) in [4.78, 5) is 28.3. The molecule has 0 aromatic heterocycles. The molecule has 4 nitrogen and oxygen atoms in total. The molecule has 1 aromatic rings. The van der Waals surface area contributed by atoms with Crippen molar-refractivity contribution >= 4 is 17.5 Å². The number of carbonyl (C=O) groups excluding carboxylic acids is 2. The third kappa shape index (κ3) is 2.86. The van der Waals surface area contributed by atoms with E-state index >= 15 is 0 Å². The third-order valence-corrected chi connectivity index (χ3v) is 7.44. The quantitative estimate of drug-likeness (QED) is 0.875. The molecule has 1 saturated heterocycles. The Bertz CT molecular complexity index is 742. The molecule has 6 rings (SSSR count). The van der Waals surface area contributed by atoms with Crippen LogP contribution in [-0.2, 0) is 9.59 Å². The maximum Gasteiger partial charge on any atom is 0.247 e. The largest absolute Gasteiger partial charge is 0.330 e. The van der Waals surface area contributed by atoms with Gasteiger partial charge in [0.2, 0.25) is 11.8 Å². The molecule has 2 amide bonds. The number of para-hydroxylation sites is 1. The molecule has 0 radical (unpaired) electrons. The molecule has 1 heterocycles. The monoisotopic (exact) mass is 370 g/mol. The molecule has 144 valence electrons. The number of amides is 2. The van der Waals surface area contributed by atoms with E-state index in [0.717, 1.165) is 25.7 Å². The van der Waals surface area contributed by atoms with Gasteiger partial charge in [0.25, 0.3) is 0 Å². The van der Waals surface area contributed by atoms with Crippen molar-refractivity contribution in [1.82, 2.24) is 4.90 Å². The second kappa shape index (κ2) is 6.32. The highest BCUT2D eigenvalue weighted by Crippen LogP contribution is 2.60. The van der Waals surface area contributed by atoms with Crippen LogP contribution in [0.1, 0.15) is 51.4 Å². The SMILES string of the molecule is O=C(Nc1ccccc1F)C1CCCN1C(=O)C12CC3CC(CC(C3)C1)C2. The minimum Gasteiger partial charge on any atom is -0.330 e. The van der Waals surface area contributed by atoms with Crippen molar-refractivity contribution < 1.29 is 14.0 Å². The predicted molar refractivity (Wildman–Crippen MR) is 100 cm³/mol. The van der Waals surface area contributed by atoms with Gasteiger partial charge in [0.15, 0.2) is 0 Å². The van der Waals surface area contributed by atoms with Gasteiger partial charge in [-0.15, -0.1) is 0 Å². The fourth-order valence-corrected chi connectivity index (χ4v) is 6.74. The summed E-state index contributed by atoms with van der Waals surface area (Å²) in [7, 11) is 0. The lowest BCUT2D eigenvalue weighted by Crippen LogP contribution is -2.56. The van der Waals surface area contributed by atoms with Crippen molar-refractivity contribution in [3.8, 4) is 0 Å². The van der Waals surface area contributed by atoms with Gasteiger partial charge >= 0.3 is 0 Å². The zero-order valence-electron chi connectivity index (χ0n) is 15.6. The standard InChI is InChI=1S/C22H27FN2O2/c23-17-4-1-2-5-18(17)24-20(26)19-6-3-7-25(19)21(27)22-11-14-8-15(12-22)10-16(9-14)13-22/h1-2,4-5,14-16,19H,3,6-13H2,(H,24,26). The topological polar surface area (TPSA) is 49.4 Å². The van der Waals surface area contributed by atoms with Crippen LogP contribution in [0.3, 0.4) is 0 Å². The minimum atomic E-state index is -0.467. The van der Waals surface area contributed by atoms with Crippen molar-refractivity contribution in [3.05, 3.63) is 30.1 Å². The Kier molecular flexibility index (Phi) is 4.03. The van der Waals surface area contributed by atoms with Crippen LogP contribution in [0.15, 0.2) is 24.3 Å². The first-order valence-electron chi connectivity index (χ1n) is 10.4. The lowest BCUT2D eigenvalue weighted by Gasteiger charge is -2.56. The Labute approximate surface area is 159 Å². The first-order valence-corrected chi connectivity index (χ1v) is 10.4. The van der Waals surface area contributed by atoms with Crippen molar-refractivity contribution in [2.45, 2.75) is 57.4 Å². The summed E-state index contributed by atoms with van der Waals surface area (Å²) in [5.41, 5.74) is -0.0353. The van der Waals surface area contributed by atoms with Gasteiger partial charge in [-0.1, -0.05) is 12.1 Å². The number of hydrogen-bond acceptors (Lipinski definition) is 2. The zero-order valence-corrected chi connectivity index (χ0v) is 15.6. The number of carbonyl (C=O) groups is 2. The van der Waals surface area contributed by atoms with Crippen LogP contribution in [0, 0.1) is 29.0 Å². The molecule has 5 heteroatoms. The van der Waals surface area contributed by atoms with Gasteiger partial charge in [0, 0.05) is 6.54 Å². The molecular weight excluding hydrogens is 343 g/mol. The molecule has 1 atom stereocenters. The highest BCUT2D eigenvalue weighted by molar-refractivity contribution is 5.98. The summed E-state index contributed by atoms with van der Waals surface area (Å²) < 4.78 is 13.9. The summed E-state index contributed by atoms with van der Waals surface area (Å²) >= 11 is 0. The molecule has 1 unspecified atom stereocenters. The van der Waals surface area contributed by atoms with Gasteiger partial charge in [-0.25, -0.2) is 4.39 Å². The Balaban J connectivity index is 1.34. The fourth-order valence-electron chi connectivity index (χ4n) is 6.74. The van der Waals surface area contributed by atoms with Crippen LogP contribution >= 0.6 is 0 Å². The molecular formula is C22H27FN2O2. The molecule has 1 aromatic carbocycles. The number of likely N-dealkylation sites (tertiary alicyclic amines) is 1. The van der Waals surface area contributed by atoms with Gasteiger partial charge in [-0.05, 0) is 81.3 Å². The Morgan fingerprint density at radius 2 is 1.67 bits per heavy atom. The summed E-state index contributed by atoms with van der Waals surface area (Å²) in [5.74, 6) is 1.61. The van der Waals surface area contributed by atoms with E-state index in [0.29, 0.717) is 30.7 Å². The lowest BCUT2D eigenvalue weighted by atomic mass is 9.49. The normalized spacial score (nSPS) is 36.9. The van der Waals surface area contributed by atoms with Gasteiger partial charge in [-0.2, -0.15) is 0 Å². The first kappa shape index (κ1) is 17.2. The van der Waals surface area contributed by atoms with Gasteiger partial charge in [0.1, 0.15) is 11.9 Å². The van der Waals surface area contributed by atoms with E-state index in [1.54, 1.807) is 18.2 Å². The molecule has 27 heavy (non-hydrogen) atoms. The van der Waals surface area contributed by atoms with Crippen LogP contribution in [0.4, 0.5) is 10.1 Å². The van der Waals surface area contributed by atoms with E-state index in [4.69, 9.17) is 0 Å². The summed E-state index contributed by atoms with van der Waals surface area (Å²) in [6.45, 7) is 0.649.